The lowest BCUT2D eigenvalue weighted by atomic mass is 9.81. The van der Waals surface area contributed by atoms with Gasteiger partial charge in [0.1, 0.15) is 5.82 Å². The van der Waals surface area contributed by atoms with E-state index in [1.165, 1.54) is 51.0 Å². The molecular formula is C21H34N4O. The normalized spacial score (nSPS) is 28.1. The number of piperidine rings is 3. The third kappa shape index (κ3) is 3.83. The van der Waals surface area contributed by atoms with Crippen molar-refractivity contribution in [2.24, 2.45) is 13.0 Å². The molecule has 0 aliphatic carbocycles. The van der Waals surface area contributed by atoms with Gasteiger partial charge in [-0.3, -0.25) is 4.79 Å². The summed E-state index contributed by atoms with van der Waals surface area (Å²) < 4.78 is 2.13. The van der Waals surface area contributed by atoms with Gasteiger partial charge in [-0.1, -0.05) is 6.42 Å². The first-order valence-corrected chi connectivity index (χ1v) is 10.7. The third-order valence-corrected chi connectivity index (χ3v) is 7.03. The van der Waals surface area contributed by atoms with Gasteiger partial charge < -0.3 is 14.4 Å². The van der Waals surface area contributed by atoms with Crippen LogP contribution < -0.4 is 0 Å². The largest absolute Gasteiger partial charge is 0.343 e. The molecule has 4 rings (SSSR count). The number of aryl methyl sites for hydroxylation is 1. The van der Waals surface area contributed by atoms with Gasteiger partial charge in [-0.05, 0) is 64.0 Å². The molecule has 3 saturated heterocycles. The summed E-state index contributed by atoms with van der Waals surface area (Å²) in [6, 6.07) is 0.763. The average molecular weight is 359 g/mol. The third-order valence-electron chi connectivity index (χ3n) is 7.03. The smallest absolute Gasteiger partial charge is 0.222 e. The van der Waals surface area contributed by atoms with Gasteiger partial charge in [-0.2, -0.15) is 0 Å². The van der Waals surface area contributed by atoms with Gasteiger partial charge in [0.2, 0.25) is 5.91 Å². The maximum Gasteiger partial charge on any atom is 0.222 e. The highest BCUT2D eigenvalue weighted by Gasteiger charge is 2.33. The number of hydrogen-bond acceptors (Lipinski definition) is 3. The van der Waals surface area contributed by atoms with Crippen molar-refractivity contribution in [3.8, 4) is 0 Å². The van der Waals surface area contributed by atoms with E-state index in [4.69, 9.17) is 0 Å². The SMILES string of the molecule is Cn1ccnc1C1CCN(C(=O)CC[C@@H]2CCCN3CCCC[C@H]23)CC1. The Balaban J connectivity index is 1.25. The number of aromatic nitrogens is 2. The van der Waals surface area contributed by atoms with E-state index in [0.29, 0.717) is 11.8 Å². The predicted octanol–water partition coefficient (Wildman–Crippen LogP) is 3.17. The lowest BCUT2D eigenvalue weighted by molar-refractivity contribution is -0.132. The van der Waals surface area contributed by atoms with Crippen LogP contribution in [0, 0.1) is 5.92 Å². The van der Waals surface area contributed by atoms with Crippen molar-refractivity contribution in [3.63, 3.8) is 0 Å². The van der Waals surface area contributed by atoms with Crippen LogP contribution in [0.1, 0.15) is 69.5 Å². The van der Waals surface area contributed by atoms with Gasteiger partial charge >= 0.3 is 0 Å². The molecule has 0 unspecified atom stereocenters. The van der Waals surface area contributed by atoms with E-state index in [-0.39, 0.29) is 0 Å². The summed E-state index contributed by atoms with van der Waals surface area (Å²) in [4.78, 5) is 22.1. The second-order valence-corrected chi connectivity index (χ2v) is 8.59. The summed E-state index contributed by atoms with van der Waals surface area (Å²) in [5.41, 5.74) is 0. The zero-order valence-electron chi connectivity index (χ0n) is 16.3. The highest BCUT2D eigenvalue weighted by molar-refractivity contribution is 5.76. The summed E-state index contributed by atoms with van der Waals surface area (Å²) in [6.45, 7) is 4.37. The minimum absolute atomic E-state index is 0.385. The van der Waals surface area contributed by atoms with Gasteiger partial charge in [0.15, 0.2) is 0 Å². The van der Waals surface area contributed by atoms with E-state index < -0.39 is 0 Å². The molecular weight excluding hydrogens is 324 g/mol. The van der Waals surface area contributed by atoms with Crippen molar-refractivity contribution in [3.05, 3.63) is 18.2 Å². The minimum Gasteiger partial charge on any atom is -0.343 e. The first-order valence-electron chi connectivity index (χ1n) is 10.7. The molecule has 0 saturated carbocycles. The van der Waals surface area contributed by atoms with Crippen molar-refractivity contribution >= 4 is 5.91 Å². The molecule has 4 heterocycles. The number of rotatable bonds is 4. The Hall–Kier alpha value is -1.36. The molecule has 0 bridgehead atoms. The Morgan fingerprint density at radius 3 is 2.65 bits per heavy atom. The molecule has 1 aromatic rings. The van der Waals surface area contributed by atoms with Crippen molar-refractivity contribution in [1.29, 1.82) is 0 Å². The molecule has 3 aliphatic heterocycles. The Morgan fingerprint density at radius 2 is 1.88 bits per heavy atom. The van der Waals surface area contributed by atoms with Crippen molar-refractivity contribution in [2.45, 2.75) is 69.7 Å². The maximum absolute atomic E-state index is 12.8. The summed E-state index contributed by atoms with van der Waals surface area (Å²) in [6.07, 6.45) is 14.6. The second-order valence-electron chi connectivity index (χ2n) is 8.59. The van der Waals surface area contributed by atoms with E-state index in [2.05, 4.69) is 26.4 Å². The Bertz CT molecular complexity index is 603. The van der Waals surface area contributed by atoms with Crippen LogP contribution in [-0.2, 0) is 11.8 Å². The van der Waals surface area contributed by atoms with Gasteiger partial charge in [0, 0.05) is 50.9 Å². The lowest BCUT2D eigenvalue weighted by Gasteiger charge is -2.44. The van der Waals surface area contributed by atoms with Crippen LogP contribution in [-0.4, -0.2) is 57.5 Å². The zero-order chi connectivity index (χ0) is 17.9. The van der Waals surface area contributed by atoms with Crippen LogP contribution in [0.3, 0.4) is 0 Å². The number of likely N-dealkylation sites (tertiary alicyclic amines) is 1. The van der Waals surface area contributed by atoms with Crippen molar-refractivity contribution in [2.75, 3.05) is 26.2 Å². The standard InChI is InChI=1S/C21H34N4O/c1-23-16-11-22-21(23)18-9-14-25(15-10-18)20(26)8-7-17-5-4-13-24-12-3-2-6-19(17)24/h11,16-19H,2-10,12-15H2,1H3/t17-,19+/m0/s1. The number of imidazole rings is 1. The predicted molar refractivity (Wildman–Crippen MR) is 103 cm³/mol. The molecule has 0 N–H and O–H groups in total. The van der Waals surface area contributed by atoms with E-state index in [9.17, 15) is 4.79 Å². The van der Waals surface area contributed by atoms with Crippen LogP contribution in [0.4, 0.5) is 0 Å². The number of carbonyl (C=O) groups is 1. The number of amides is 1. The fourth-order valence-electron chi connectivity index (χ4n) is 5.54. The fraction of sp³-hybridized carbons (Fsp3) is 0.810. The van der Waals surface area contributed by atoms with E-state index >= 15 is 0 Å². The van der Waals surface area contributed by atoms with Crippen molar-refractivity contribution in [1.82, 2.24) is 19.4 Å². The molecule has 0 aromatic carbocycles. The van der Waals surface area contributed by atoms with Crippen LogP contribution in [0.2, 0.25) is 0 Å². The summed E-state index contributed by atoms with van der Waals surface area (Å²) in [5, 5.41) is 0. The van der Waals surface area contributed by atoms with Gasteiger partial charge in [-0.15, -0.1) is 0 Å². The van der Waals surface area contributed by atoms with Crippen LogP contribution in [0.5, 0.6) is 0 Å². The van der Waals surface area contributed by atoms with Crippen LogP contribution in [0.15, 0.2) is 12.4 Å². The molecule has 0 spiro atoms. The first-order chi connectivity index (χ1) is 12.7. The number of nitrogens with zero attached hydrogens (tertiary/aromatic N) is 4. The summed E-state index contributed by atoms with van der Waals surface area (Å²) in [7, 11) is 2.07. The Kier molecular flexibility index (Phi) is 5.63. The van der Waals surface area contributed by atoms with E-state index in [1.807, 2.05) is 12.4 Å². The first kappa shape index (κ1) is 18.0. The van der Waals surface area contributed by atoms with Gasteiger partial charge in [-0.25, -0.2) is 4.98 Å². The summed E-state index contributed by atoms with van der Waals surface area (Å²) in [5.74, 6) is 2.82. The van der Waals surface area contributed by atoms with E-state index in [0.717, 1.165) is 50.7 Å². The monoisotopic (exact) mass is 358 g/mol. The molecule has 1 amide bonds. The highest BCUT2D eigenvalue weighted by atomic mass is 16.2. The molecule has 0 radical (unpaired) electrons. The average Bonchev–Trinajstić information content (AvgIpc) is 3.12. The number of fused-ring (bicyclic) bond motifs is 1. The molecule has 144 valence electrons. The lowest BCUT2D eigenvalue weighted by Crippen LogP contribution is -2.48. The topological polar surface area (TPSA) is 41.4 Å². The zero-order valence-corrected chi connectivity index (χ0v) is 16.3. The second kappa shape index (κ2) is 8.12. The molecule has 5 nitrogen and oxygen atoms in total. The van der Waals surface area contributed by atoms with Gasteiger partial charge in [0.05, 0.1) is 0 Å². The Morgan fingerprint density at radius 1 is 1.08 bits per heavy atom. The summed E-state index contributed by atoms with van der Waals surface area (Å²) >= 11 is 0. The molecule has 2 atom stereocenters. The molecule has 3 fully saturated rings. The molecule has 5 heteroatoms. The van der Waals surface area contributed by atoms with Crippen LogP contribution in [0.25, 0.3) is 0 Å². The minimum atomic E-state index is 0.385. The Labute approximate surface area is 157 Å². The number of carbonyl (C=O) groups excluding carboxylic acids is 1. The van der Waals surface area contributed by atoms with Crippen LogP contribution >= 0.6 is 0 Å². The quantitative estimate of drug-likeness (QED) is 0.830. The maximum atomic E-state index is 12.8. The van der Waals surface area contributed by atoms with E-state index in [1.54, 1.807) is 0 Å². The fourth-order valence-corrected chi connectivity index (χ4v) is 5.54. The molecule has 1 aromatic heterocycles. The number of hydrogen-bond donors (Lipinski definition) is 0. The highest BCUT2D eigenvalue weighted by Crippen LogP contribution is 2.34. The van der Waals surface area contributed by atoms with Crippen molar-refractivity contribution < 1.29 is 4.79 Å². The molecule has 26 heavy (non-hydrogen) atoms. The molecule has 3 aliphatic rings. The van der Waals surface area contributed by atoms with Gasteiger partial charge in [0.25, 0.3) is 0 Å².